The minimum absolute atomic E-state index is 0.0939. The first kappa shape index (κ1) is 8.16. The maximum absolute atomic E-state index is 10.2. The molecule has 0 aliphatic carbocycles. The van der Waals surface area contributed by atoms with Gasteiger partial charge in [0.15, 0.2) is 0 Å². The molecule has 0 unspecified atom stereocenters. The molecular weight excluding hydrogens is 188 g/mol. The first-order chi connectivity index (χ1) is 5.11. The number of H-pyrrole nitrogens is 1. The molecule has 1 aromatic heterocycles. The highest BCUT2D eigenvalue weighted by atomic mass is 35.5. The van der Waals surface area contributed by atoms with E-state index in [-0.39, 0.29) is 10.7 Å². The second kappa shape index (κ2) is 2.98. The van der Waals surface area contributed by atoms with E-state index < -0.39 is 4.92 Å². The van der Waals surface area contributed by atoms with Gasteiger partial charge in [-0.3, -0.25) is 10.1 Å². The van der Waals surface area contributed by atoms with E-state index in [9.17, 15) is 10.1 Å². The Balaban J connectivity index is 3.26. The Bertz CT molecular complexity index is 349. The van der Waals surface area contributed by atoms with Crippen LogP contribution in [-0.4, -0.2) is 9.91 Å². The van der Waals surface area contributed by atoms with E-state index >= 15 is 0 Å². The fourth-order valence-electron chi connectivity index (χ4n) is 0.551. The molecule has 0 saturated carbocycles. The van der Waals surface area contributed by atoms with Crippen molar-refractivity contribution in [2.24, 2.45) is 0 Å². The van der Waals surface area contributed by atoms with E-state index in [2.05, 4.69) is 17.2 Å². The molecule has 1 aromatic rings. The van der Waals surface area contributed by atoms with Crippen molar-refractivity contribution < 1.29 is 4.92 Å². The second-order valence-corrected chi connectivity index (χ2v) is 2.61. The summed E-state index contributed by atoms with van der Waals surface area (Å²) in [4.78, 5) is 12.1. The summed E-state index contributed by atoms with van der Waals surface area (Å²) in [5.41, 5.74) is -0.0939. The van der Waals surface area contributed by atoms with Crippen molar-refractivity contribution in [1.29, 1.82) is 0 Å². The highest BCUT2D eigenvalue weighted by molar-refractivity contribution is 7.71. The van der Waals surface area contributed by atoms with Crippen molar-refractivity contribution in [3.05, 3.63) is 32.0 Å². The zero-order valence-electron chi connectivity index (χ0n) is 5.20. The molecule has 0 aliphatic rings. The van der Waals surface area contributed by atoms with Crippen molar-refractivity contribution in [2.45, 2.75) is 0 Å². The van der Waals surface area contributed by atoms with Crippen LogP contribution in [0.15, 0.2) is 12.3 Å². The highest BCUT2D eigenvalue weighted by Crippen LogP contribution is 2.16. The number of nitrogens with zero attached hydrogens (tertiary/aromatic N) is 1. The second-order valence-electron chi connectivity index (χ2n) is 1.79. The predicted octanol–water partition coefficient (Wildman–Crippen LogP) is 2.31. The average Bonchev–Trinajstić information content (AvgIpc) is 1.94. The van der Waals surface area contributed by atoms with Gasteiger partial charge in [-0.25, -0.2) is 0 Å². The van der Waals surface area contributed by atoms with Crippen LogP contribution >= 0.6 is 23.8 Å². The summed E-state index contributed by atoms with van der Waals surface area (Å²) in [7, 11) is 0. The van der Waals surface area contributed by atoms with Crippen LogP contribution in [-0.2, 0) is 0 Å². The Hall–Kier alpha value is -0.940. The Morgan fingerprint density at radius 3 is 2.82 bits per heavy atom. The van der Waals surface area contributed by atoms with Crippen LogP contribution < -0.4 is 0 Å². The fourth-order valence-corrected chi connectivity index (χ4v) is 0.835. The third-order valence-corrected chi connectivity index (χ3v) is 1.80. The van der Waals surface area contributed by atoms with Gasteiger partial charge in [0.2, 0.25) is 0 Å². The lowest BCUT2D eigenvalue weighted by molar-refractivity contribution is -0.385. The summed E-state index contributed by atoms with van der Waals surface area (Å²) >= 11 is 10.2. The highest BCUT2D eigenvalue weighted by Gasteiger charge is 2.05. The number of aromatic nitrogens is 1. The molecule has 58 valence electrons. The van der Waals surface area contributed by atoms with Crippen LogP contribution in [0.25, 0.3) is 0 Å². The van der Waals surface area contributed by atoms with E-state index in [0.29, 0.717) is 4.64 Å². The number of hydrogen-bond donors (Lipinski definition) is 1. The summed E-state index contributed by atoms with van der Waals surface area (Å²) in [6.07, 6.45) is 1.20. The molecular formula is C5H3ClN2O2S. The number of rotatable bonds is 1. The molecule has 0 bridgehead atoms. The lowest BCUT2D eigenvalue weighted by Gasteiger charge is -1.91. The van der Waals surface area contributed by atoms with E-state index in [1.807, 2.05) is 0 Å². The summed E-state index contributed by atoms with van der Waals surface area (Å²) in [6.45, 7) is 0. The molecule has 1 N–H and O–H groups in total. The lowest BCUT2D eigenvalue weighted by Crippen LogP contribution is -1.88. The molecule has 0 aromatic carbocycles. The van der Waals surface area contributed by atoms with Crippen LogP contribution in [0.2, 0.25) is 5.02 Å². The van der Waals surface area contributed by atoms with Crippen LogP contribution in [0.5, 0.6) is 0 Å². The van der Waals surface area contributed by atoms with Crippen LogP contribution in [0.1, 0.15) is 0 Å². The van der Waals surface area contributed by atoms with Gasteiger partial charge < -0.3 is 4.98 Å². The molecule has 4 nitrogen and oxygen atoms in total. The topological polar surface area (TPSA) is 58.9 Å². The normalized spacial score (nSPS) is 9.55. The molecule has 0 saturated heterocycles. The Labute approximate surface area is 72.0 Å². The largest absolute Gasteiger partial charge is 0.346 e. The van der Waals surface area contributed by atoms with Gasteiger partial charge >= 0.3 is 0 Å². The van der Waals surface area contributed by atoms with Crippen molar-refractivity contribution in [1.82, 2.24) is 4.98 Å². The van der Waals surface area contributed by atoms with Crippen LogP contribution in [0, 0.1) is 14.8 Å². The van der Waals surface area contributed by atoms with Crippen molar-refractivity contribution in [2.75, 3.05) is 0 Å². The number of nitrogens with one attached hydrogen (secondary N) is 1. The third-order valence-electron chi connectivity index (χ3n) is 1.05. The van der Waals surface area contributed by atoms with Gasteiger partial charge in [-0.05, 0) is 0 Å². The first-order valence-corrected chi connectivity index (χ1v) is 3.42. The molecule has 0 atom stereocenters. The van der Waals surface area contributed by atoms with Crippen molar-refractivity contribution >= 4 is 29.5 Å². The van der Waals surface area contributed by atoms with Crippen molar-refractivity contribution in [3.63, 3.8) is 0 Å². The van der Waals surface area contributed by atoms with Gasteiger partial charge in [-0.2, -0.15) is 0 Å². The number of nitro groups is 1. The van der Waals surface area contributed by atoms with E-state index in [1.54, 1.807) is 0 Å². The van der Waals surface area contributed by atoms with Gasteiger partial charge in [0, 0.05) is 6.07 Å². The zero-order chi connectivity index (χ0) is 8.43. The van der Waals surface area contributed by atoms with Gasteiger partial charge in [-0.15, -0.1) is 0 Å². The third kappa shape index (κ3) is 1.75. The lowest BCUT2D eigenvalue weighted by atomic mass is 10.4. The van der Waals surface area contributed by atoms with Gasteiger partial charge in [0.1, 0.15) is 4.64 Å². The predicted molar refractivity (Wildman–Crippen MR) is 43.3 cm³/mol. The minimum atomic E-state index is -0.544. The number of aromatic amines is 1. The number of pyridine rings is 1. The number of hydrogen-bond acceptors (Lipinski definition) is 3. The van der Waals surface area contributed by atoms with Gasteiger partial charge in [0.25, 0.3) is 5.69 Å². The number of halogens is 1. The summed E-state index contributed by atoms with van der Waals surface area (Å²) < 4.78 is 0.303. The molecule has 11 heavy (non-hydrogen) atoms. The van der Waals surface area contributed by atoms with Gasteiger partial charge in [0.05, 0.1) is 16.1 Å². The zero-order valence-corrected chi connectivity index (χ0v) is 6.78. The van der Waals surface area contributed by atoms with Crippen LogP contribution in [0.4, 0.5) is 5.69 Å². The molecule has 1 heterocycles. The molecule has 0 aliphatic heterocycles. The maximum atomic E-state index is 10.2. The van der Waals surface area contributed by atoms with Crippen LogP contribution in [0.3, 0.4) is 0 Å². The molecule has 0 spiro atoms. The quantitative estimate of drug-likeness (QED) is 0.420. The average molecular weight is 191 g/mol. The molecule has 0 fully saturated rings. The molecule has 0 radical (unpaired) electrons. The van der Waals surface area contributed by atoms with E-state index in [1.165, 1.54) is 12.3 Å². The monoisotopic (exact) mass is 190 g/mol. The SMILES string of the molecule is O=[N+]([O-])c1c[nH]c(=S)c(Cl)c1. The smallest absolute Gasteiger partial charge is 0.286 e. The Morgan fingerprint density at radius 1 is 1.73 bits per heavy atom. The Morgan fingerprint density at radius 2 is 2.36 bits per heavy atom. The molecule has 6 heteroatoms. The Kier molecular flexibility index (Phi) is 2.21. The van der Waals surface area contributed by atoms with E-state index in [4.69, 9.17) is 11.6 Å². The summed E-state index contributed by atoms with van der Waals surface area (Å²) in [5.74, 6) is 0. The minimum Gasteiger partial charge on any atom is -0.346 e. The standard InChI is InChI=1S/C5H3ClN2O2S/c6-4-1-3(8(9)10)2-7-5(4)11/h1-2H,(H,7,11). The van der Waals surface area contributed by atoms with E-state index in [0.717, 1.165) is 0 Å². The fraction of sp³-hybridized carbons (Fsp3) is 0. The molecule has 0 amide bonds. The summed E-state index contributed by atoms with van der Waals surface area (Å²) in [5, 5.41) is 10.3. The first-order valence-electron chi connectivity index (χ1n) is 2.64. The molecule has 1 rings (SSSR count). The summed E-state index contributed by atoms with van der Waals surface area (Å²) in [6, 6.07) is 1.21. The van der Waals surface area contributed by atoms with Gasteiger partial charge in [-0.1, -0.05) is 23.8 Å². The van der Waals surface area contributed by atoms with Crippen molar-refractivity contribution in [3.8, 4) is 0 Å². The maximum Gasteiger partial charge on any atom is 0.286 e.